The minimum Gasteiger partial charge on any atom is -0.478 e. The fraction of sp³-hybridized carbons (Fsp3) is 0.464. The number of carboxylic acids is 1. The summed E-state index contributed by atoms with van der Waals surface area (Å²) >= 11 is 0. The Bertz CT molecular complexity index is 1090. The Morgan fingerprint density at radius 2 is 1.85 bits per heavy atom. The normalized spacial score (nSPS) is 19.2. The number of aromatic carboxylic acids is 1. The van der Waals surface area contributed by atoms with E-state index in [2.05, 4.69) is 42.8 Å². The molecule has 176 valence electrons. The second-order valence-corrected chi connectivity index (χ2v) is 9.41. The van der Waals surface area contributed by atoms with Crippen molar-refractivity contribution < 1.29 is 14.6 Å². The van der Waals surface area contributed by atoms with Gasteiger partial charge in [-0.3, -0.25) is 4.90 Å². The van der Waals surface area contributed by atoms with Gasteiger partial charge in [0, 0.05) is 42.8 Å². The molecule has 5 heteroatoms. The van der Waals surface area contributed by atoms with E-state index in [9.17, 15) is 9.90 Å². The molecule has 5 nitrogen and oxygen atoms in total. The van der Waals surface area contributed by atoms with Crippen molar-refractivity contribution in [2.75, 3.05) is 6.61 Å². The highest BCUT2D eigenvalue weighted by molar-refractivity contribution is 5.87. The number of H-pyrrole nitrogens is 1. The van der Waals surface area contributed by atoms with E-state index in [1.165, 1.54) is 40.4 Å². The zero-order valence-electron chi connectivity index (χ0n) is 20.1. The number of carboxylic acid groups (broad SMARTS) is 1. The van der Waals surface area contributed by atoms with Crippen LogP contribution in [0.2, 0.25) is 0 Å². The van der Waals surface area contributed by atoms with Crippen molar-refractivity contribution >= 4 is 16.9 Å². The molecule has 1 aromatic heterocycles. The van der Waals surface area contributed by atoms with Crippen LogP contribution in [0.25, 0.3) is 10.9 Å². The average molecular weight is 449 g/mol. The minimum atomic E-state index is -0.883. The second-order valence-electron chi connectivity index (χ2n) is 9.41. The van der Waals surface area contributed by atoms with E-state index in [4.69, 9.17) is 4.74 Å². The highest BCUT2D eigenvalue weighted by Crippen LogP contribution is 2.31. The highest BCUT2D eigenvalue weighted by Gasteiger charge is 2.27. The predicted octanol–water partition coefficient (Wildman–Crippen LogP) is 6.22. The molecule has 1 aliphatic carbocycles. The van der Waals surface area contributed by atoms with Crippen LogP contribution >= 0.6 is 0 Å². The van der Waals surface area contributed by atoms with Crippen molar-refractivity contribution in [2.45, 2.75) is 78.1 Å². The number of nitrogens with one attached hydrogen (secondary N) is 1. The Labute approximate surface area is 196 Å². The molecular formula is C28H36N2O3. The van der Waals surface area contributed by atoms with Gasteiger partial charge in [0.2, 0.25) is 0 Å². The van der Waals surface area contributed by atoms with Gasteiger partial charge in [0.1, 0.15) is 0 Å². The van der Waals surface area contributed by atoms with Crippen molar-refractivity contribution in [2.24, 2.45) is 0 Å². The number of hydrogen-bond acceptors (Lipinski definition) is 3. The molecule has 0 saturated heterocycles. The number of aryl methyl sites for hydroxylation is 2. The molecule has 3 aromatic rings. The highest BCUT2D eigenvalue weighted by atomic mass is 16.5. The largest absolute Gasteiger partial charge is 0.478 e. The molecule has 4 rings (SSSR count). The van der Waals surface area contributed by atoms with Crippen molar-refractivity contribution in [1.29, 1.82) is 0 Å². The van der Waals surface area contributed by atoms with Gasteiger partial charge in [0.25, 0.3) is 0 Å². The number of nitrogens with zero attached hydrogens (tertiary/aromatic N) is 1. The smallest absolute Gasteiger partial charge is 0.335 e. The van der Waals surface area contributed by atoms with E-state index in [1.54, 1.807) is 12.1 Å². The molecule has 2 atom stereocenters. The third kappa shape index (κ3) is 5.48. The molecule has 1 saturated carbocycles. The predicted molar refractivity (Wildman–Crippen MR) is 133 cm³/mol. The zero-order valence-corrected chi connectivity index (χ0v) is 20.1. The first kappa shape index (κ1) is 23.5. The van der Waals surface area contributed by atoms with Crippen LogP contribution < -0.4 is 0 Å². The van der Waals surface area contributed by atoms with Gasteiger partial charge in [0.15, 0.2) is 0 Å². The summed E-state index contributed by atoms with van der Waals surface area (Å²) in [6.07, 6.45) is 8.12. The quantitative estimate of drug-likeness (QED) is 0.401. The molecule has 0 radical (unpaired) electrons. The molecule has 0 aliphatic heterocycles. The number of hydrogen-bond donors (Lipinski definition) is 2. The third-order valence-electron chi connectivity index (χ3n) is 7.09. The molecule has 0 bridgehead atoms. The summed E-state index contributed by atoms with van der Waals surface area (Å²) in [6.45, 7) is 8.88. The molecule has 0 spiro atoms. The van der Waals surface area contributed by atoms with Crippen LogP contribution in [0.3, 0.4) is 0 Å². The number of aromatic nitrogens is 1. The molecule has 0 amide bonds. The van der Waals surface area contributed by atoms with E-state index >= 15 is 0 Å². The van der Waals surface area contributed by atoms with Gasteiger partial charge in [0.05, 0.1) is 11.7 Å². The van der Waals surface area contributed by atoms with Gasteiger partial charge in [-0.1, -0.05) is 31.0 Å². The van der Waals surface area contributed by atoms with E-state index in [-0.39, 0.29) is 0 Å². The van der Waals surface area contributed by atoms with Crippen molar-refractivity contribution in [1.82, 2.24) is 9.88 Å². The van der Waals surface area contributed by atoms with Gasteiger partial charge in [-0.25, -0.2) is 4.79 Å². The first-order valence-corrected chi connectivity index (χ1v) is 12.2. The summed E-state index contributed by atoms with van der Waals surface area (Å²) in [5.41, 5.74) is 6.66. The number of aromatic amines is 1. The van der Waals surface area contributed by atoms with Crippen molar-refractivity contribution in [3.63, 3.8) is 0 Å². The minimum absolute atomic E-state index is 0.311. The maximum Gasteiger partial charge on any atom is 0.335 e. The molecule has 1 fully saturated rings. The maximum atomic E-state index is 11.3. The topological polar surface area (TPSA) is 65.6 Å². The molecule has 33 heavy (non-hydrogen) atoms. The summed E-state index contributed by atoms with van der Waals surface area (Å²) in [5.74, 6) is -0.883. The summed E-state index contributed by atoms with van der Waals surface area (Å²) in [6, 6.07) is 12.3. The lowest BCUT2D eigenvalue weighted by atomic mass is 9.97. The number of carbonyl (C=O) groups is 1. The van der Waals surface area contributed by atoms with Crippen LogP contribution in [-0.2, 0) is 17.8 Å². The fourth-order valence-electron chi connectivity index (χ4n) is 5.37. The lowest BCUT2D eigenvalue weighted by Crippen LogP contribution is -2.37. The summed E-state index contributed by atoms with van der Waals surface area (Å²) < 4.78 is 6.09. The van der Waals surface area contributed by atoms with Crippen LogP contribution in [0.1, 0.15) is 71.6 Å². The average Bonchev–Trinajstić information content (AvgIpc) is 3.17. The van der Waals surface area contributed by atoms with Gasteiger partial charge in [-0.2, -0.15) is 0 Å². The summed E-state index contributed by atoms with van der Waals surface area (Å²) in [4.78, 5) is 17.3. The van der Waals surface area contributed by atoms with Crippen LogP contribution in [0.15, 0.2) is 42.6 Å². The molecule has 1 aliphatic rings. The molecule has 2 unspecified atom stereocenters. The van der Waals surface area contributed by atoms with Gasteiger partial charge < -0.3 is 14.8 Å². The van der Waals surface area contributed by atoms with Crippen molar-refractivity contribution in [3.8, 4) is 0 Å². The Morgan fingerprint density at radius 1 is 1.09 bits per heavy atom. The maximum absolute atomic E-state index is 11.3. The van der Waals surface area contributed by atoms with E-state index in [0.29, 0.717) is 17.7 Å². The Kier molecular flexibility index (Phi) is 7.51. The van der Waals surface area contributed by atoms with E-state index < -0.39 is 5.97 Å². The Balaban J connectivity index is 1.66. The van der Waals surface area contributed by atoms with Gasteiger partial charge in [-0.15, -0.1) is 0 Å². The van der Waals surface area contributed by atoms with E-state index in [1.807, 2.05) is 18.3 Å². The van der Waals surface area contributed by atoms with Crippen LogP contribution in [0.5, 0.6) is 0 Å². The first-order chi connectivity index (χ1) is 16.0. The summed E-state index contributed by atoms with van der Waals surface area (Å²) in [5, 5.41) is 10.6. The number of ether oxygens (including phenoxy) is 1. The van der Waals surface area contributed by atoms with E-state index in [0.717, 1.165) is 44.5 Å². The van der Waals surface area contributed by atoms with Crippen LogP contribution in [0, 0.1) is 13.8 Å². The van der Waals surface area contributed by atoms with Crippen LogP contribution in [-0.4, -0.2) is 39.7 Å². The Morgan fingerprint density at radius 3 is 2.58 bits per heavy atom. The van der Waals surface area contributed by atoms with Gasteiger partial charge >= 0.3 is 5.97 Å². The molecule has 2 N–H and O–H groups in total. The van der Waals surface area contributed by atoms with Crippen LogP contribution in [0.4, 0.5) is 0 Å². The zero-order chi connectivity index (χ0) is 23.4. The third-order valence-corrected chi connectivity index (χ3v) is 7.09. The fourth-order valence-corrected chi connectivity index (χ4v) is 5.37. The van der Waals surface area contributed by atoms with Crippen molar-refractivity contribution in [3.05, 3.63) is 70.4 Å². The molecule has 2 aromatic carbocycles. The first-order valence-electron chi connectivity index (χ1n) is 12.2. The standard InChI is InChI=1S/C28H36N2O3/c1-4-33-24-8-6-5-7-23(16-24)30(17-21-9-11-22(12-10-21)28(31)32)18-26-19(2)15-20(3)27-25(26)13-14-29-27/h9-15,23-24,29H,4-8,16-18H2,1-3H3,(H,31,32). The number of benzene rings is 2. The second kappa shape index (κ2) is 10.5. The summed E-state index contributed by atoms with van der Waals surface area (Å²) in [7, 11) is 0. The number of fused-ring (bicyclic) bond motifs is 1. The molecular weight excluding hydrogens is 412 g/mol. The lowest BCUT2D eigenvalue weighted by molar-refractivity contribution is 0.0292. The monoisotopic (exact) mass is 448 g/mol. The number of rotatable bonds is 8. The van der Waals surface area contributed by atoms with Gasteiger partial charge in [-0.05, 0) is 80.5 Å². The Hall–Kier alpha value is -2.63. The lowest BCUT2D eigenvalue weighted by Gasteiger charge is -2.33. The molecule has 1 heterocycles. The SMILES string of the molecule is CCOC1CCCCC(N(Cc2ccc(C(=O)O)cc2)Cc2c(C)cc(C)c3[nH]ccc23)C1.